The van der Waals surface area contributed by atoms with Crippen LogP contribution in [-0.2, 0) is 9.63 Å². The molecule has 0 spiro atoms. The molecule has 1 fully saturated rings. The number of nitrogens with zero attached hydrogens (tertiary/aromatic N) is 1. The van der Waals surface area contributed by atoms with Crippen LogP contribution in [-0.4, -0.2) is 30.4 Å². The smallest absolute Gasteiger partial charge is 0.322 e. The van der Waals surface area contributed by atoms with E-state index in [-0.39, 0.29) is 5.97 Å². The van der Waals surface area contributed by atoms with E-state index >= 15 is 0 Å². The van der Waals surface area contributed by atoms with Gasteiger partial charge in [-0.05, 0) is 18.9 Å². The van der Waals surface area contributed by atoms with E-state index in [1.54, 1.807) is 23.3 Å². The average Bonchev–Trinajstić information content (AvgIpc) is 2.43. The minimum absolute atomic E-state index is 0.207. The summed E-state index contributed by atoms with van der Waals surface area (Å²) in [5, 5.41) is 2.47. The summed E-state index contributed by atoms with van der Waals surface area (Å²) >= 11 is 11.2. The van der Waals surface area contributed by atoms with Crippen molar-refractivity contribution in [2.75, 3.05) is 13.1 Å². The van der Waals surface area contributed by atoms with Crippen LogP contribution in [0.25, 0.3) is 0 Å². The number of hydrogen-bond donors (Lipinski definition) is 0. The van der Waals surface area contributed by atoms with Gasteiger partial charge in [0, 0.05) is 25.6 Å². The molecule has 1 aromatic rings. The number of halogens is 2. The molecule has 0 radical (unpaired) electrons. The number of piperidine rings is 1. The van der Waals surface area contributed by atoms with Crippen LogP contribution in [0.15, 0.2) is 18.2 Å². The first-order chi connectivity index (χ1) is 9.54. The molecule has 110 valence electrons. The van der Waals surface area contributed by atoms with Crippen molar-refractivity contribution in [2.24, 2.45) is 0 Å². The molecule has 0 N–H and O–H groups in total. The van der Waals surface area contributed by atoms with Gasteiger partial charge in [-0.25, -0.2) is 0 Å². The lowest BCUT2D eigenvalue weighted by atomic mass is 10.2. The lowest BCUT2D eigenvalue weighted by Crippen LogP contribution is -2.31. The van der Waals surface area contributed by atoms with Crippen molar-refractivity contribution in [3.05, 3.63) is 33.8 Å². The van der Waals surface area contributed by atoms with E-state index in [0.29, 0.717) is 21.9 Å². The van der Waals surface area contributed by atoms with E-state index < -0.39 is 0 Å². The molecule has 2 rings (SSSR count). The summed E-state index contributed by atoms with van der Waals surface area (Å²) in [4.78, 5) is 25.6. The number of hydrogen-bond acceptors (Lipinski definition) is 4. The third-order valence-electron chi connectivity index (χ3n) is 2.68. The van der Waals surface area contributed by atoms with Gasteiger partial charge in [0.1, 0.15) is 0 Å². The van der Waals surface area contributed by atoms with Crippen molar-refractivity contribution in [3.63, 3.8) is 0 Å². The Bertz CT molecular complexity index is 460. The molecule has 0 aliphatic carbocycles. The van der Waals surface area contributed by atoms with Crippen molar-refractivity contribution < 1.29 is 14.4 Å². The highest BCUT2D eigenvalue weighted by atomic mass is 35.5. The van der Waals surface area contributed by atoms with Gasteiger partial charge in [0.05, 0.1) is 10.0 Å². The molecule has 0 aromatic heterocycles. The quantitative estimate of drug-likeness (QED) is 0.779. The monoisotopic (exact) mass is 317 g/mol. The van der Waals surface area contributed by atoms with Gasteiger partial charge >= 0.3 is 5.97 Å². The Kier molecular flexibility index (Phi) is 7.59. The van der Waals surface area contributed by atoms with Crippen molar-refractivity contribution in [1.29, 1.82) is 0 Å². The largest absolute Gasteiger partial charge is 0.368 e. The topological polar surface area (TPSA) is 46.6 Å². The predicted molar refractivity (Wildman–Crippen MR) is 79.0 cm³/mol. The number of carbonyl (C=O) groups excluding carboxylic acids is 2. The van der Waals surface area contributed by atoms with Crippen molar-refractivity contribution in [3.8, 4) is 0 Å². The Morgan fingerprint density at radius 1 is 1.25 bits per heavy atom. The Morgan fingerprint density at radius 2 is 1.90 bits per heavy atom. The highest BCUT2D eigenvalue weighted by Gasteiger charge is 2.11. The number of benzene rings is 1. The van der Waals surface area contributed by atoms with Crippen LogP contribution in [0.1, 0.15) is 36.5 Å². The fourth-order valence-electron chi connectivity index (χ4n) is 1.75. The first-order valence-electron chi connectivity index (χ1n) is 6.37. The highest BCUT2D eigenvalue weighted by Crippen LogP contribution is 2.23. The van der Waals surface area contributed by atoms with E-state index in [9.17, 15) is 9.59 Å². The van der Waals surface area contributed by atoms with Crippen LogP contribution in [0.2, 0.25) is 10.0 Å². The predicted octanol–water partition coefficient (Wildman–Crippen LogP) is 3.76. The summed E-state index contributed by atoms with van der Waals surface area (Å²) in [6, 6.07) is 4.93. The second kappa shape index (κ2) is 8.95. The molecule has 1 aromatic carbocycles. The van der Waals surface area contributed by atoms with Gasteiger partial charge in [-0.1, -0.05) is 41.8 Å². The standard InChI is InChI=1S/C7H4Cl2O.C7H13NO2/c8-6-3-1-2-5(4-10)7(6)9;1-7(9)10-8-5-3-2-4-6-8/h1-4H;2-6H2,1H3. The SMILES string of the molecule is CC(=O)ON1CCCCC1.O=Cc1cccc(Cl)c1Cl. The molecule has 6 heteroatoms. The third kappa shape index (κ3) is 5.90. The molecule has 1 saturated heterocycles. The zero-order valence-electron chi connectivity index (χ0n) is 11.3. The van der Waals surface area contributed by atoms with Crippen LogP contribution in [0, 0.1) is 0 Å². The maximum absolute atomic E-state index is 10.4. The molecule has 1 aliphatic heterocycles. The Labute approximate surface area is 128 Å². The summed E-state index contributed by atoms with van der Waals surface area (Å²) in [6.45, 7) is 3.24. The minimum Gasteiger partial charge on any atom is -0.368 e. The zero-order chi connectivity index (χ0) is 15.0. The summed E-state index contributed by atoms with van der Waals surface area (Å²) < 4.78 is 0. The van der Waals surface area contributed by atoms with Crippen LogP contribution in [0.5, 0.6) is 0 Å². The summed E-state index contributed by atoms with van der Waals surface area (Å²) in [7, 11) is 0. The second-order valence-electron chi connectivity index (χ2n) is 4.33. The maximum atomic E-state index is 10.4. The molecule has 0 amide bonds. The molecule has 4 nitrogen and oxygen atoms in total. The number of rotatable bonds is 2. The third-order valence-corrected chi connectivity index (χ3v) is 3.51. The van der Waals surface area contributed by atoms with Crippen LogP contribution >= 0.6 is 23.2 Å². The van der Waals surface area contributed by atoms with Crippen molar-refractivity contribution in [2.45, 2.75) is 26.2 Å². The van der Waals surface area contributed by atoms with E-state index in [1.165, 1.54) is 13.3 Å². The first-order valence-corrected chi connectivity index (χ1v) is 7.13. The lowest BCUT2D eigenvalue weighted by Gasteiger charge is -2.23. The van der Waals surface area contributed by atoms with Gasteiger partial charge in [0.2, 0.25) is 0 Å². The van der Waals surface area contributed by atoms with E-state index in [0.717, 1.165) is 25.9 Å². The molecule has 0 unspecified atom stereocenters. The fourth-order valence-corrected chi connectivity index (χ4v) is 2.10. The second-order valence-corrected chi connectivity index (χ2v) is 5.12. The van der Waals surface area contributed by atoms with Crippen molar-refractivity contribution >= 4 is 35.5 Å². The highest BCUT2D eigenvalue weighted by molar-refractivity contribution is 6.43. The summed E-state index contributed by atoms with van der Waals surface area (Å²) in [5.41, 5.74) is 0.425. The van der Waals surface area contributed by atoms with E-state index in [4.69, 9.17) is 28.0 Å². The molecule has 1 heterocycles. The molecular formula is C14H17Cl2NO3. The van der Waals surface area contributed by atoms with Crippen molar-refractivity contribution in [1.82, 2.24) is 5.06 Å². The average molecular weight is 318 g/mol. The molecule has 0 atom stereocenters. The van der Waals surface area contributed by atoms with Gasteiger partial charge in [0.15, 0.2) is 6.29 Å². The molecule has 20 heavy (non-hydrogen) atoms. The van der Waals surface area contributed by atoms with Gasteiger partial charge < -0.3 is 4.84 Å². The molecule has 1 aliphatic rings. The van der Waals surface area contributed by atoms with Gasteiger partial charge in [-0.15, -0.1) is 5.06 Å². The first kappa shape index (κ1) is 17.0. The van der Waals surface area contributed by atoms with Crippen LogP contribution < -0.4 is 0 Å². The number of hydroxylamine groups is 2. The zero-order valence-corrected chi connectivity index (χ0v) is 12.8. The van der Waals surface area contributed by atoms with E-state index in [1.807, 2.05) is 0 Å². The van der Waals surface area contributed by atoms with Gasteiger partial charge in [0.25, 0.3) is 0 Å². The van der Waals surface area contributed by atoms with Crippen LogP contribution in [0.4, 0.5) is 0 Å². The Hall–Kier alpha value is -1.10. The summed E-state index contributed by atoms with van der Waals surface area (Å²) in [6.07, 6.45) is 4.23. The number of aldehydes is 1. The van der Waals surface area contributed by atoms with Crippen LogP contribution in [0.3, 0.4) is 0 Å². The van der Waals surface area contributed by atoms with Gasteiger partial charge in [-0.3, -0.25) is 9.59 Å². The summed E-state index contributed by atoms with van der Waals surface area (Å²) in [5.74, 6) is -0.207. The minimum atomic E-state index is -0.207. The normalized spacial score (nSPS) is 14.9. The molecule has 0 saturated carbocycles. The van der Waals surface area contributed by atoms with E-state index in [2.05, 4.69) is 0 Å². The fraction of sp³-hybridized carbons (Fsp3) is 0.429. The molecular weight excluding hydrogens is 301 g/mol. The lowest BCUT2D eigenvalue weighted by molar-refractivity contribution is -0.191. The Morgan fingerprint density at radius 3 is 2.40 bits per heavy atom. The van der Waals surface area contributed by atoms with Gasteiger partial charge in [-0.2, -0.15) is 0 Å². The number of carbonyl (C=O) groups is 2. The molecule has 0 bridgehead atoms. The Balaban J connectivity index is 0.000000200. The maximum Gasteiger partial charge on any atom is 0.322 e.